The van der Waals surface area contributed by atoms with Crippen molar-refractivity contribution in [1.29, 1.82) is 0 Å². The number of hydrogen-bond acceptors (Lipinski definition) is 8. The Hall–Kier alpha value is -4.12. The van der Waals surface area contributed by atoms with Gasteiger partial charge in [0.15, 0.2) is 5.82 Å². The Labute approximate surface area is 225 Å². The molecule has 6 rings (SSSR count). The van der Waals surface area contributed by atoms with Crippen molar-refractivity contribution in [2.45, 2.75) is 51.6 Å². The number of aromatic amines is 1. The van der Waals surface area contributed by atoms with Crippen LogP contribution in [0.1, 0.15) is 60.3 Å². The highest BCUT2D eigenvalue weighted by Crippen LogP contribution is 2.35. The van der Waals surface area contributed by atoms with Gasteiger partial charge in [0.25, 0.3) is 11.2 Å². The van der Waals surface area contributed by atoms with Gasteiger partial charge >= 0.3 is 0 Å². The molecule has 11 nitrogen and oxygen atoms in total. The van der Waals surface area contributed by atoms with Gasteiger partial charge in [-0.1, -0.05) is 24.5 Å². The summed E-state index contributed by atoms with van der Waals surface area (Å²) in [7, 11) is 0. The average Bonchev–Trinajstić information content (AvgIpc) is 3.63. The molecular weight excluding hydrogens is 496 g/mol. The highest BCUT2D eigenvalue weighted by Gasteiger charge is 2.35. The Morgan fingerprint density at radius 3 is 2.44 bits per heavy atom. The topological polar surface area (TPSA) is 126 Å². The fraction of sp³-hybridized carbons (Fsp3) is 0.429. The minimum absolute atomic E-state index is 0.0807. The normalized spacial score (nSPS) is 17.6. The lowest BCUT2D eigenvalue weighted by Crippen LogP contribution is -2.49. The number of anilines is 1. The van der Waals surface area contributed by atoms with Crippen LogP contribution in [0.3, 0.4) is 0 Å². The van der Waals surface area contributed by atoms with Crippen LogP contribution in [0.2, 0.25) is 0 Å². The van der Waals surface area contributed by atoms with Crippen molar-refractivity contribution in [3.05, 3.63) is 85.4 Å². The van der Waals surface area contributed by atoms with E-state index in [1.807, 2.05) is 17.7 Å². The number of tetrazole rings is 1. The molecule has 4 aromatic rings. The maximum absolute atomic E-state index is 13.6. The lowest BCUT2D eigenvalue weighted by atomic mass is 10.00. The average molecular weight is 529 g/mol. The number of H-pyrrole nitrogens is 1. The first-order valence-electron chi connectivity index (χ1n) is 13.5. The fourth-order valence-corrected chi connectivity index (χ4v) is 6.22. The molecule has 2 aromatic heterocycles. The predicted molar refractivity (Wildman–Crippen MR) is 148 cm³/mol. The smallest absolute Gasteiger partial charge is 0.269 e. The molecule has 1 aliphatic heterocycles. The number of piperazine rings is 1. The number of aryl methyl sites for hydroxylation is 2. The molecule has 3 heterocycles. The summed E-state index contributed by atoms with van der Waals surface area (Å²) < 4.78 is 1.95. The molecule has 1 N–H and O–H groups in total. The Kier molecular flexibility index (Phi) is 6.59. The first kappa shape index (κ1) is 25.2. The second kappa shape index (κ2) is 10.2. The molecule has 0 unspecified atom stereocenters. The van der Waals surface area contributed by atoms with Gasteiger partial charge < -0.3 is 9.88 Å². The zero-order chi connectivity index (χ0) is 27.1. The molecule has 0 bridgehead atoms. The molecule has 2 aliphatic rings. The third kappa shape index (κ3) is 4.78. The Balaban J connectivity index is 1.37. The van der Waals surface area contributed by atoms with E-state index in [9.17, 15) is 14.9 Å². The van der Waals surface area contributed by atoms with Gasteiger partial charge in [-0.3, -0.25) is 19.8 Å². The van der Waals surface area contributed by atoms with Crippen LogP contribution >= 0.6 is 0 Å². The summed E-state index contributed by atoms with van der Waals surface area (Å²) >= 11 is 0. The van der Waals surface area contributed by atoms with Crippen molar-refractivity contribution in [1.82, 2.24) is 30.1 Å². The fourth-order valence-electron chi connectivity index (χ4n) is 6.22. The maximum atomic E-state index is 13.6. The van der Waals surface area contributed by atoms with Crippen molar-refractivity contribution in [3.8, 4) is 0 Å². The number of fused-ring (bicyclic) bond motifs is 1. The van der Waals surface area contributed by atoms with E-state index in [4.69, 9.17) is 0 Å². The first-order chi connectivity index (χ1) is 18.9. The molecule has 1 atom stereocenters. The van der Waals surface area contributed by atoms with Gasteiger partial charge in [0, 0.05) is 49.6 Å². The quantitative estimate of drug-likeness (QED) is 0.293. The molecule has 1 saturated carbocycles. The number of rotatable bonds is 6. The number of aromatic nitrogens is 5. The molecule has 1 aliphatic carbocycles. The van der Waals surface area contributed by atoms with Crippen molar-refractivity contribution in [2.75, 3.05) is 31.1 Å². The molecule has 202 valence electrons. The van der Waals surface area contributed by atoms with Gasteiger partial charge in [0.2, 0.25) is 0 Å². The van der Waals surface area contributed by atoms with Gasteiger partial charge in [-0.15, -0.1) is 5.10 Å². The maximum Gasteiger partial charge on any atom is 0.269 e. The Morgan fingerprint density at radius 2 is 1.74 bits per heavy atom. The van der Waals surface area contributed by atoms with Crippen LogP contribution in [0, 0.1) is 24.0 Å². The van der Waals surface area contributed by atoms with Crippen molar-refractivity contribution >= 4 is 22.3 Å². The summed E-state index contributed by atoms with van der Waals surface area (Å²) in [6, 6.07) is 12.7. The number of non-ortho nitro benzene ring substituents is 1. The van der Waals surface area contributed by atoms with E-state index in [-0.39, 0.29) is 22.2 Å². The predicted octanol–water partition coefficient (Wildman–Crippen LogP) is 4.07. The van der Waals surface area contributed by atoms with Crippen LogP contribution < -0.4 is 10.5 Å². The van der Waals surface area contributed by atoms with Crippen molar-refractivity contribution in [3.63, 3.8) is 0 Å². The lowest BCUT2D eigenvalue weighted by molar-refractivity contribution is -0.384. The third-order valence-corrected chi connectivity index (χ3v) is 8.16. The Bertz CT molecular complexity index is 1560. The molecule has 2 fully saturated rings. The summed E-state index contributed by atoms with van der Waals surface area (Å²) in [5.41, 5.74) is 4.58. The number of hydrogen-bond donors (Lipinski definition) is 1. The van der Waals surface area contributed by atoms with Gasteiger partial charge in [0.05, 0.1) is 16.5 Å². The van der Waals surface area contributed by atoms with E-state index < -0.39 is 6.04 Å². The number of nitrogens with one attached hydrogen (secondary N) is 1. The van der Waals surface area contributed by atoms with Gasteiger partial charge in [-0.05, 0) is 72.3 Å². The number of benzene rings is 2. The number of nitro benzene ring substituents is 1. The summed E-state index contributed by atoms with van der Waals surface area (Å²) in [5, 5.41) is 25.0. The SMILES string of the molecule is Cc1cc(C)c2[nH]c(=O)c([C@@H](c3nnnn3C3CCCC3)N3CCN(c4ccc([N+](=O)[O-])cc4)CC3)cc2c1. The largest absolute Gasteiger partial charge is 0.369 e. The van der Waals surface area contributed by atoms with E-state index in [1.54, 1.807) is 24.3 Å². The molecule has 0 radical (unpaired) electrons. The molecule has 39 heavy (non-hydrogen) atoms. The zero-order valence-corrected chi connectivity index (χ0v) is 22.2. The molecule has 11 heteroatoms. The van der Waals surface area contributed by atoms with Crippen molar-refractivity contribution < 1.29 is 4.92 Å². The van der Waals surface area contributed by atoms with Gasteiger partial charge in [0.1, 0.15) is 6.04 Å². The van der Waals surface area contributed by atoms with E-state index in [2.05, 4.69) is 49.4 Å². The van der Waals surface area contributed by atoms with Crippen LogP contribution in [-0.2, 0) is 0 Å². The summed E-state index contributed by atoms with van der Waals surface area (Å²) in [4.78, 5) is 32.0. The standard InChI is InChI=1S/C28H32N8O3/c1-18-15-19(2)25-20(16-18)17-24(28(37)29-25)26(27-30-31-32-35(27)22-5-3-4-6-22)34-13-11-33(12-14-34)21-7-9-23(10-8-21)36(38)39/h7-10,15-17,22,26H,3-6,11-14H2,1-2H3,(H,29,37)/t26-/m0/s1. The van der Waals surface area contributed by atoms with Crippen LogP contribution in [0.5, 0.6) is 0 Å². The minimum atomic E-state index is -0.395. The lowest BCUT2D eigenvalue weighted by Gasteiger charge is -2.39. The molecule has 0 amide bonds. The number of pyridine rings is 1. The summed E-state index contributed by atoms with van der Waals surface area (Å²) in [6.45, 7) is 6.87. The highest BCUT2D eigenvalue weighted by molar-refractivity contribution is 5.83. The highest BCUT2D eigenvalue weighted by atomic mass is 16.6. The Morgan fingerprint density at radius 1 is 1.03 bits per heavy atom. The van der Waals surface area contributed by atoms with Crippen molar-refractivity contribution in [2.24, 2.45) is 0 Å². The molecule has 2 aromatic carbocycles. The minimum Gasteiger partial charge on any atom is -0.369 e. The number of nitrogens with zero attached hydrogens (tertiary/aromatic N) is 7. The van der Waals surface area contributed by atoms with Gasteiger partial charge in [-0.25, -0.2) is 4.68 Å². The second-order valence-corrected chi connectivity index (χ2v) is 10.7. The summed E-state index contributed by atoms with van der Waals surface area (Å²) in [5.74, 6) is 0.708. The number of nitro groups is 1. The monoisotopic (exact) mass is 528 g/mol. The zero-order valence-electron chi connectivity index (χ0n) is 22.2. The van der Waals surface area contributed by atoms with E-state index >= 15 is 0 Å². The van der Waals surface area contributed by atoms with E-state index in [1.165, 1.54) is 0 Å². The van der Waals surface area contributed by atoms with Crippen LogP contribution in [0.25, 0.3) is 10.9 Å². The van der Waals surface area contributed by atoms with Gasteiger partial charge in [-0.2, -0.15) is 0 Å². The summed E-state index contributed by atoms with van der Waals surface area (Å²) in [6.07, 6.45) is 4.37. The first-order valence-corrected chi connectivity index (χ1v) is 13.5. The molecule has 1 saturated heterocycles. The van der Waals surface area contributed by atoms with E-state index in [0.717, 1.165) is 53.4 Å². The van der Waals surface area contributed by atoms with Crippen LogP contribution in [0.15, 0.2) is 47.3 Å². The van der Waals surface area contributed by atoms with Crippen LogP contribution in [0.4, 0.5) is 11.4 Å². The third-order valence-electron chi connectivity index (χ3n) is 8.16. The second-order valence-electron chi connectivity index (χ2n) is 10.7. The molecule has 0 spiro atoms. The van der Waals surface area contributed by atoms with Crippen LogP contribution in [-0.4, -0.2) is 61.2 Å². The van der Waals surface area contributed by atoms with E-state index in [0.29, 0.717) is 37.6 Å². The molecular formula is C28H32N8O3.